The zero-order valence-electron chi connectivity index (χ0n) is 14.3. The summed E-state index contributed by atoms with van der Waals surface area (Å²) in [4.78, 5) is 11.1. The highest BCUT2D eigenvalue weighted by molar-refractivity contribution is 7.89. The SMILES string of the molecule is COc1cc(S(=O)(=O)NCCOc2ccccc2F)ccc1NC(C)=O. The first-order valence-electron chi connectivity index (χ1n) is 7.66. The second-order valence-corrected chi connectivity index (χ2v) is 6.99. The number of sulfonamides is 1. The summed E-state index contributed by atoms with van der Waals surface area (Å²) in [7, 11) is -2.45. The van der Waals surface area contributed by atoms with Gasteiger partial charge in [-0.2, -0.15) is 0 Å². The molecule has 0 saturated carbocycles. The van der Waals surface area contributed by atoms with Crippen molar-refractivity contribution >= 4 is 21.6 Å². The summed E-state index contributed by atoms with van der Waals surface area (Å²) in [6.45, 7) is 1.24. The lowest BCUT2D eigenvalue weighted by Gasteiger charge is -2.12. The van der Waals surface area contributed by atoms with Crippen LogP contribution in [0.15, 0.2) is 47.4 Å². The van der Waals surface area contributed by atoms with E-state index in [0.717, 1.165) is 0 Å². The number of methoxy groups -OCH3 is 1. The van der Waals surface area contributed by atoms with Crippen LogP contribution < -0.4 is 19.5 Å². The van der Waals surface area contributed by atoms with Crippen LogP contribution in [0.4, 0.5) is 10.1 Å². The highest BCUT2D eigenvalue weighted by Crippen LogP contribution is 2.27. The third-order valence-electron chi connectivity index (χ3n) is 3.28. The lowest BCUT2D eigenvalue weighted by Crippen LogP contribution is -2.28. The normalized spacial score (nSPS) is 11.0. The van der Waals surface area contributed by atoms with Gasteiger partial charge in [0.25, 0.3) is 0 Å². The zero-order valence-corrected chi connectivity index (χ0v) is 15.1. The number of nitrogens with one attached hydrogen (secondary N) is 2. The van der Waals surface area contributed by atoms with E-state index in [0.29, 0.717) is 5.69 Å². The number of carbonyl (C=O) groups excluding carboxylic acids is 1. The second-order valence-electron chi connectivity index (χ2n) is 5.22. The highest BCUT2D eigenvalue weighted by Gasteiger charge is 2.17. The van der Waals surface area contributed by atoms with E-state index in [-0.39, 0.29) is 35.5 Å². The maximum atomic E-state index is 13.4. The topological polar surface area (TPSA) is 93.7 Å². The molecule has 0 heterocycles. The number of halogens is 1. The van der Waals surface area contributed by atoms with Crippen LogP contribution in [-0.2, 0) is 14.8 Å². The summed E-state index contributed by atoms with van der Waals surface area (Å²) >= 11 is 0. The molecule has 0 aliphatic rings. The summed E-state index contributed by atoms with van der Waals surface area (Å²) in [5, 5.41) is 2.54. The molecule has 0 unspecified atom stereocenters. The van der Waals surface area contributed by atoms with Crippen molar-refractivity contribution in [1.29, 1.82) is 0 Å². The van der Waals surface area contributed by atoms with Crippen molar-refractivity contribution in [2.24, 2.45) is 0 Å². The van der Waals surface area contributed by atoms with Crippen molar-refractivity contribution in [2.75, 3.05) is 25.6 Å². The Kier molecular flexibility index (Phi) is 6.53. The molecule has 140 valence electrons. The molecule has 9 heteroatoms. The lowest BCUT2D eigenvalue weighted by molar-refractivity contribution is -0.114. The fraction of sp³-hybridized carbons (Fsp3) is 0.235. The zero-order chi connectivity index (χ0) is 19.2. The maximum absolute atomic E-state index is 13.4. The number of ether oxygens (including phenoxy) is 2. The van der Waals surface area contributed by atoms with Gasteiger partial charge >= 0.3 is 0 Å². The second kappa shape index (κ2) is 8.63. The summed E-state index contributed by atoms with van der Waals surface area (Å²) in [6.07, 6.45) is 0. The van der Waals surface area contributed by atoms with Crippen LogP contribution in [0, 0.1) is 5.82 Å². The third-order valence-corrected chi connectivity index (χ3v) is 4.74. The highest BCUT2D eigenvalue weighted by atomic mass is 32.2. The van der Waals surface area contributed by atoms with Crippen molar-refractivity contribution in [3.63, 3.8) is 0 Å². The van der Waals surface area contributed by atoms with Gasteiger partial charge in [-0.3, -0.25) is 4.79 Å². The Bertz CT molecular complexity index is 886. The number of para-hydroxylation sites is 1. The Morgan fingerprint density at radius 2 is 1.88 bits per heavy atom. The predicted octanol–water partition coefficient (Wildman–Crippen LogP) is 2.15. The van der Waals surface area contributed by atoms with Gasteiger partial charge in [-0.15, -0.1) is 0 Å². The standard InChI is InChI=1S/C17H19FN2O5S/c1-12(21)20-15-8-7-13(11-17(15)24-2)26(22,23)19-9-10-25-16-6-4-3-5-14(16)18/h3-8,11,19H,9-10H2,1-2H3,(H,20,21). The Morgan fingerprint density at radius 3 is 2.54 bits per heavy atom. The molecule has 2 rings (SSSR count). The van der Waals surface area contributed by atoms with Gasteiger partial charge in [-0.05, 0) is 24.3 Å². The van der Waals surface area contributed by atoms with E-state index < -0.39 is 15.8 Å². The molecule has 2 N–H and O–H groups in total. The molecule has 2 aromatic carbocycles. The number of hydrogen-bond acceptors (Lipinski definition) is 5. The molecule has 0 aliphatic heterocycles. The third kappa shape index (κ3) is 5.17. The van der Waals surface area contributed by atoms with Gasteiger partial charge in [-0.1, -0.05) is 12.1 Å². The summed E-state index contributed by atoms with van der Waals surface area (Å²) < 4.78 is 50.7. The predicted molar refractivity (Wildman–Crippen MR) is 94.4 cm³/mol. The van der Waals surface area contributed by atoms with E-state index in [9.17, 15) is 17.6 Å². The molecule has 0 aromatic heterocycles. The molecule has 0 bridgehead atoms. The van der Waals surface area contributed by atoms with Crippen LogP contribution in [0.1, 0.15) is 6.92 Å². The van der Waals surface area contributed by atoms with E-state index in [4.69, 9.17) is 9.47 Å². The monoisotopic (exact) mass is 382 g/mol. The van der Waals surface area contributed by atoms with Crippen LogP contribution in [0.5, 0.6) is 11.5 Å². The number of benzene rings is 2. The minimum absolute atomic E-state index is 0.0330. The minimum Gasteiger partial charge on any atom is -0.495 e. The molecular formula is C17H19FN2O5S. The van der Waals surface area contributed by atoms with E-state index in [2.05, 4.69) is 10.0 Å². The fourth-order valence-electron chi connectivity index (χ4n) is 2.11. The summed E-state index contributed by atoms with van der Waals surface area (Å²) in [5.41, 5.74) is 0.363. The van der Waals surface area contributed by atoms with Crippen molar-refractivity contribution in [2.45, 2.75) is 11.8 Å². The molecular weight excluding hydrogens is 363 g/mol. The van der Waals surface area contributed by atoms with E-state index >= 15 is 0 Å². The van der Waals surface area contributed by atoms with Crippen LogP contribution in [0.2, 0.25) is 0 Å². The number of rotatable bonds is 8. The number of amides is 1. The molecule has 2 aromatic rings. The van der Waals surface area contributed by atoms with Crippen LogP contribution >= 0.6 is 0 Å². The van der Waals surface area contributed by atoms with Crippen molar-refractivity contribution in [3.8, 4) is 11.5 Å². The molecule has 1 amide bonds. The van der Waals surface area contributed by atoms with Crippen LogP contribution in [-0.4, -0.2) is 34.6 Å². The van der Waals surface area contributed by atoms with Crippen LogP contribution in [0.25, 0.3) is 0 Å². The molecule has 26 heavy (non-hydrogen) atoms. The van der Waals surface area contributed by atoms with Gasteiger partial charge in [0.1, 0.15) is 12.4 Å². The molecule has 0 atom stereocenters. The van der Waals surface area contributed by atoms with Gasteiger partial charge < -0.3 is 14.8 Å². The number of hydrogen-bond donors (Lipinski definition) is 2. The first kappa shape index (κ1) is 19.7. The smallest absolute Gasteiger partial charge is 0.240 e. The van der Waals surface area contributed by atoms with Crippen molar-refractivity contribution in [3.05, 3.63) is 48.3 Å². The number of anilines is 1. The molecule has 0 spiro atoms. The Balaban J connectivity index is 2.01. The van der Waals surface area contributed by atoms with E-state index in [1.807, 2.05) is 0 Å². The number of carbonyl (C=O) groups is 1. The average molecular weight is 382 g/mol. The largest absolute Gasteiger partial charge is 0.495 e. The first-order valence-corrected chi connectivity index (χ1v) is 9.14. The van der Waals surface area contributed by atoms with Gasteiger partial charge in [0.05, 0.1) is 17.7 Å². The van der Waals surface area contributed by atoms with Gasteiger partial charge in [-0.25, -0.2) is 17.5 Å². The molecule has 7 nitrogen and oxygen atoms in total. The first-order chi connectivity index (χ1) is 12.3. The Hall–Kier alpha value is -2.65. The average Bonchev–Trinajstić information content (AvgIpc) is 2.60. The molecule has 0 fully saturated rings. The summed E-state index contributed by atoms with van der Waals surface area (Å²) in [5.74, 6) is -0.560. The van der Waals surface area contributed by atoms with Gasteiger partial charge in [0.15, 0.2) is 11.6 Å². The summed E-state index contributed by atoms with van der Waals surface area (Å²) in [6, 6.07) is 9.93. The van der Waals surface area contributed by atoms with E-state index in [1.165, 1.54) is 50.4 Å². The van der Waals surface area contributed by atoms with Crippen molar-refractivity contribution in [1.82, 2.24) is 4.72 Å². The Morgan fingerprint density at radius 1 is 1.15 bits per heavy atom. The lowest BCUT2D eigenvalue weighted by atomic mass is 10.3. The molecule has 0 saturated heterocycles. The van der Waals surface area contributed by atoms with Crippen LogP contribution in [0.3, 0.4) is 0 Å². The molecule has 0 radical (unpaired) electrons. The Labute approximate surface area is 151 Å². The van der Waals surface area contributed by atoms with Gasteiger partial charge in [0.2, 0.25) is 15.9 Å². The quantitative estimate of drug-likeness (QED) is 0.683. The maximum Gasteiger partial charge on any atom is 0.240 e. The molecule has 0 aliphatic carbocycles. The van der Waals surface area contributed by atoms with E-state index in [1.54, 1.807) is 6.07 Å². The fourth-order valence-corrected chi connectivity index (χ4v) is 3.14. The van der Waals surface area contributed by atoms with Crippen molar-refractivity contribution < 1.29 is 27.1 Å². The minimum atomic E-state index is -3.82. The van der Waals surface area contributed by atoms with Gasteiger partial charge in [0, 0.05) is 19.5 Å².